The summed E-state index contributed by atoms with van der Waals surface area (Å²) in [5.74, 6) is 0.433. The molecule has 6 rings (SSSR count). The highest BCUT2D eigenvalue weighted by molar-refractivity contribution is 5.83. The quantitative estimate of drug-likeness (QED) is 0.388. The Balaban J connectivity index is 1.29. The van der Waals surface area contributed by atoms with E-state index in [1.54, 1.807) is 6.07 Å². The number of hydrogen-bond donors (Lipinski definition) is 2. The van der Waals surface area contributed by atoms with Gasteiger partial charge in [0.15, 0.2) is 11.6 Å². The Labute approximate surface area is 214 Å². The minimum absolute atomic E-state index is 0.0304. The lowest BCUT2D eigenvalue weighted by molar-refractivity contribution is 0.254. The number of nitrogens with one attached hydrogen (secondary N) is 2. The number of anilines is 2. The van der Waals surface area contributed by atoms with Gasteiger partial charge in [-0.25, -0.2) is 28.7 Å². The monoisotopic (exact) mass is 504 g/mol. The second-order valence-electron chi connectivity index (χ2n) is 10.3. The SMILES string of the molecule is CNCCN1CCc2nc(Nc3ncc(F)c(-c4cc(F)c5nc(C)n(C6(C)CC6)c5c4)n3)ccc2C1. The third kappa shape index (κ3) is 4.44. The van der Waals surface area contributed by atoms with Crippen molar-refractivity contribution in [3.8, 4) is 11.3 Å². The van der Waals surface area contributed by atoms with Crippen molar-refractivity contribution >= 4 is 22.8 Å². The van der Waals surface area contributed by atoms with Crippen LogP contribution in [0.25, 0.3) is 22.3 Å². The van der Waals surface area contributed by atoms with E-state index in [2.05, 4.69) is 48.0 Å². The van der Waals surface area contributed by atoms with E-state index in [-0.39, 0.29) is 17.2 Å². The van der Waals surface area contributed by atoms with Gasteiger partial charge in [-0.1, -0.05) is 6.07 Å². The molecule has 1 fully saturated rings. The van der Waals surface area contributed by atoms with Gasteiger partial charge in [-0.3, -0.25) is 4.90 Å². The number of imidazole rings is 1. The fraction of sp³-hybridized carbons (Fsp3) is 0.407. The summed E-state index contributed by atoms with van der Waals surface area (Å²) in [4.78, 5) is 20.1. The first kappa shape index (κ1) is 23.9. The molecule has 1 aliphatic heterocycles. The number of likely N-dealkylation sites (N-methyl/N-ethyl adjacent to an activating group) is 1. The molecule has 0 amide bonds. The van der Waals surface area contributed by atoms with Gasteiger partial charge in [-0.05, 0) is 57.5 Å². The van der Waals surface area contributed by atoms with Crippen LogP contribution >= 0.6 is 0 Å². The van der Waals surface area contributed by atoms with Crippen molar-refractivity contribution in [2.24, 2.45) is 0 Å². The number of benzene rings is 1. The molecule has 192 valence electrons. The molecule has 0 bridgehead atoms. The summed E-state index contributed by atoms with van der Waals surface area (Å²) in [6, 6.07) is 7.01. The van der Waals surface area contributed by atoms with Gasteiger partial charge in [0.1, 0.15) is 22.9 Å². The largest absolute Gasteiger partial charge is 0.322 e. The average Bonchev–Trinajstić information content (AvgIpc) is 3.52. The maximum atomic E-state index is 15.1. The summed E-state index contributed by atoms with van der Waals surface area (Å²) in [5.41, 5.74) is 3.49. The molecule has 0 atom stereocenters. The number of hydrogen-bond acceptors (Lipinski definition) is 7. The van der Waals surface area contributed by atoms with Crippen molar-refractivity contribution in [1.82, 2.24) is 34.7 Å². The molecule has 2 aliphatic rings. The van der Waals surface area contributed by atoms with Crippen LogP contribution in [0.3, 0.4) is 0 Å². The fourth-order valence-corrected chi connectivity index (χ4v) is 5.22. The molecule has 4 heterocycles. The molecule has 8 nitrogen and oxygen atoms in total. The zero-order valence-corrected chi connectivity index (χ0v) is 21.3. The molecule has 2 N–H and O–H groups in total. The van der Waals surface area contributed by atoms with Crippen LogP contribution in [0.1, 0.15) is 36.8 Å². The van der Waals surface area contributed by atoms with Crippen molar-refractivity contribution in [3.63, 3.8) is 0 Å². The van der Waals surface area contributed by atoms with Crippen molar-refractivity contribution in [1.29, 1.82) is 0 Å². The maximum absolute atomic E-state index is 15.1. The molecule has 10 heteroatoms. The van der Waals surface area contributed by atoms with Gasteiger partial charge in [0, 0.05) is 49.4 Å². The van der Waals surface area contributed by atoms with Crippen LogP contribution in [0.5, 0.6) is 0 Å². The number of fused-ring (bicyclic) bond motifs is 2. The maximum Gasteiger partial charge on any atom is 0.229 e. The van der Waals surface area contributed by atoms with Crippen LogP contribution in [0.15, 0.2) is 30.5 Å². The summed E-state index contributed by atoms with van der Waals surface area (Å²) in [5, 5.41) is 6.29. The predicted molar refractivity (Wildman–Crippen MR) is 139 cm³/mol. The van der Waals surface area contributed by atoms with Gasteiger partial charge in [0.2, 0.25) is 5.95 Å². The smallest absolute Gasteiger partial charge is 0.229 e. The number of aryl methyl sites for hydroxylation is 1. The Morgan fingerprint density at radius 2 is 1.92 bits per heavy atom. The molecule has 0 spiro atoms. The van der Waals surface area contributed by atoms with E-state index in [4.69, 9.17) is 4.98 Å². The molecule has 1 saturated carbocycles. The van der Waals surface area contributed by atoms with E-state index >= 15 is 4.39 Å². The van der Waals surface area contributed by atoms with Crippen LogP contribution in [0, 0.1) is 18.6 Å². The van der Waals surface area contributed by atoms with E-state index < -0.39 is 11.6 Å². The fourth-order valence-electron chi connectivity index (χ4n) is 5.22. The second kappa shape index (κ2) is 9.11. The van der Waals surface area contributed by atoms with Gasteiger partial charge >= 0.3 is 0 Å². The Kier molecular flexibility index (Phi) is 5.88. The zero-order chi connectivity index (χ0) is 25.7. The summed E-state index contributed by atoms with van der Waals surface area (Å²) in [6.07, 6.45) is 3.97. The molecule has 1 aromatic carbocycles. The molecular weight excluding hydrogens is 474 g/mol. The average molecular weight is 505 g/mol. The molecule has 4 aromatic rings. The highest BCUT2D eigenvalue weighted by atomic mass is 19.1. The van der Waals surface area contributed by atoms with Crippen LogP contribution in [0.4, 0.5) is 20.5 Å². The second-order valence-corrected chi connectivity index (χ2v) is 10.3. The molecule has 0 radical (unpaired) electrons. The number of pyridine rings is 1. The first-order chi connectivity index (χ1) is 17.8. The molecule has 0 unspecified atom stereocenters. The number of nitrogens with zero attached hydrogens (tertiary/aromatic N) is 6. The Morgan fingerprint density at radius 1 is 1.08 bits per heavy atom. The zero-order valence-electron chi connectivity index (χ0n) is 21.3. The standard InChI is InChI=1S/C27H30F2N8/c1-16-32-25-19(28)12-18(13-22(25)37(16)27(2)7-8-27)24-20(29)14-31-26(35-24)34-23-5-4-17-15-36(11-9-30-3)10-6-21(17)33-23/h4-5,12-14,30H,6-11,15H2,1-3H3,(H,31,33,34,35). The van der Waals surface area contributed by atoms with Crippen LogP contribution in [-0.4, -0.2) is 56.1 Å². The van der Waals surface area contributed by atoms with Crippen LogP contribution in [-0.2, 0) is 18.5 Å². The Hall–Kier alpha value is -3.50. The molecule has 0 saturated heterocycles. The number of halogens is 2. The molecule has 1 aliphatic carbocycles. The Bertz CT molecular complexity index is 1490. The van der Waals surface area contributed by atoms with Crippen molar-refractivity contribution < 1.29 is 8.78 Å². The number of rotatable bonds is 7. The van der Waals surface area contributed by atoms with Gasteiger partial charge in [0.25, 0.3) is 0 Å². The van der Waals surface area contributed by atoms with Gasteiger partial charge in [0.05, 0.1) is 11.7 Å². The van der Waals surface area contributed by atoms with Gasteiger partial charge in [-0.15, -0.1) is 0 Å². The normalized spacial score (nSPS) is 16.7. The minimum atomic E-state index is -0.621. The van der Waals surface area contributed by atoms with Crippen molar-refractivity contribution in [3.05, 3.63) is 59.2 Å². The van der Waals surface area contributed by atoms with E-state index in [0.29, 0.717) is 22.4 Å². The lowest BCUT2D eigenvalue weighted by Gasteiger charge is -2.28. The van der Waals surface area contributed by atoms with E-state index in [0.717, 1.165) is 63.2 Å². The topological polar surface area (TPSA) is 83.8 Å². The third-order valence-corrected chi connectivity index (χ3v) is 7.46. The summed E-state index contributed by atoms with van der Waals surface area (Å²) in [7, 11) is 1.96. The number of aromatic nitrogens is 5. The van der Waals surface area contributed by atoms with E-state index in [1.165, 1.54) is 11.6 Å². The molecular formula is C27H30F2N8. The third-order valence-electron chi connectivity index (χ3n) is 7.46. The van der Waals surface area contributed by atoms with E-state index in [9.17, 15) is 4.39 Å². The van der Waals surface area contributed by atoms with Gasteiger partial charge in [-0.2, -0.15) is 0 Å². The molecule has 37 heavy (non-hydrogen) atoms. The Morgan fingerprint density at radius 3 is 2.70 bits per heavy atom. The highest BCUT2D eigenvalue weighted by Gasteiger charge is 2.41. The molecule has 3 aromatic heterocycles. The summed E-state index contributed by atoms with van der Waals surface area (Å²) < 4.78 is 32.1. The first-order valence-electron chi connectivity index (χ1n) is 12.7. The predicted octanol–water partition coefficient (Wildman–Crippen LogP) is 4.31. The lowest BCUT2D eigenvalue weighted by atomic mass is 10.1. The van der Waals surface area contributed by atoms with Gasteiger partial charge < -0.3 is 15.2 Å². The first-order valence-corrected chi connectivity index (χ1v) is 12.7. The summed E-state index contributed by atoms with van der Waals surface area (Å²) >= 11 is 0. The van der Waals surface area contributed by atoms with Crippen LogP contribution < -0.4 is 10.6 Å². The highest BCUT2D eigenvalue weighted by Crippen LogP contribution is 2.46. The van der Waals surface area contributed by atoms with Crippen molar-refractivity contribution in [2.75, 3.05) is 32.0 Å². The minimum Gasteiger partial charge on any atom is -0.322 e. The van der Waals surface area contributed by atoms with Crippen molar-refractivity contribution in [2.45, 2.75) is 45.2 Å². The summed E-state index contributed by atoms with van der Waals surface area (Å²) in [6.45, 7) is 7.76. The van der Waals surface area contributed by atoms with E-state index in [1.807, 2.05) is 20.0 Å². The van der Waals surface area contributed by atoms with Crippen LogP contribution in [0.2, 0.25) is 0 Å². The lowest BCUT2D eigenvalue weighted by Crippen LogP contribution is -2.35.